The monoisotopic (exact) mass is 402 g/mol. The van der Waals surface area contributed by atoms with Crippen LogP contribution in [0.15, 0.2) is 6.07 Å². The molecule has 2 aliphatic rings. The molecule has 0 aromatic carbocycles. The van der Waals surface area contributed by atoms with E-state index < -0.39 is 11.6 Å². The highest BCUT2D eigenvalue weighted by molar-refractivity contribution is 5.87. The molecule has 6 heteroatoms. The number of nitrogens with zero attached hydrogens (tertiary/aromatic N) is 2. The zero-order chi connectivity index (χ0) is 21.4. The van der Waals surface area contributed by atoms with E-state index in [0.29, 0.717) is 24.7 Å². The third kappa shape index (κ3) is 4.90. The Morgan fingerprint density at radius 3 is 2.52 bits per heavy atom. The van der Waals surface area contributed by atoms with Gasteiger partial charge in [0.2, 0.25) is 0 Å². The van der Waals surface area contributed by atoms with Crippen molar-refractivity contribution < 1.29 is 19.1 Å². The lowest BCUT2D eigenvalue weighted by atomic mass is 9.85. The quantitative estimate of drug-likeness (QED) is 0.672. The van der Waals surface area contributed by atoms with E-state index in [1.165, 1.54) is 13.5 Å². The molecule has 0 unspecified atom stereocenters. The van der Waals surface area contributed by atoms with Gasteiger partial charge in [-0.25, -0.2) is 14.6 Å². The number of pyridine rings is 1. The Labute approximate surface area is 174 Å². The van der Waals surface area contributed by atoms with Gasteiger partial charge in [-0.15, -0.1) is 0 Å². The summed E-state index contributed by atoms with van der Waals surface area (Å²) in [6, 6.07) is 1.80. The number of methoxy groups -OCH3 is 1. The van der Waals surface area contributed by atoms with Crippen molar-refractivity contribution in [3.8, 4) is 0 Å². The van der Waals surface area contributed by atoms with Crippen LogP contribution in [0.2, 0.25) is 0 Å². The molecule has 0 aliphatic heterocycles. The van der Waals surface area contributed by atoms with E-state index in [2.05, 4.69) is 18.8 Å². The minimum Gasteiger partial charge on any atom is -0.464 e. The predicted octanol–water partition coefficient (Wildman–Crippen LogP) is 4.63. The average molecular weight is 403 g/mol. The number of hydrogen-bond acceptors (Lipinski definition) is 5. The number of hydrogen-bond donors (Lipinski definition) is 0. The molecule has 1 saturated carbocycles. The van der Waals surface area contributed by atoms with Crippen LogP contribution in [-0.4, -0.2) is 41.2 Å². The smallest absolute Gasteiger partial charge is 0.410 e. The van der Waals surface area contributed by atoms with Gasteiger partial charge in [0.05, 0.1) is 12.8 Å². The van der Waals surface area contributed by atoms with Crippen molar-refractivity contribution in [2.75, 3.05) is 13.7 Å². The molecule has 29 heavy (non-hydrogen) atoms. The fraction of sp³-hybridized carbons (Fsp3) is 0.696. The molecule has 1 heterocycles. The maximum atomic E-state index is 12.9. The molecule has 0 spiro atoms. The molecule has 3 rings (SSSR count). The second-order valence-corrected chi connectivity index (χ2v) is 10.0. The van der Waals surface area contributed by atoms with Crippen LogP contribution in [0.25, 0.3) is 0 Å². The minimum absolute atomic E-state index is 0.0984. The molecule has 1 aromatic rings. The lowest BCUT2D eigenvalue weighted by molar-refractivity contribution is 0.0172. The minimum atomic E-state index is -0.547. The highest BCUT2D eigenvalue weighted by atomic mass is 16.6. The molecule has 160 valence electrons. The summed E-state index contributed by atoms with van der Waals surface area (Å²) in [5.74, 6) is 0.0773. The van der Waals surface area contributed by atoms with Crippen molar-refractivity contribution in [2.24, 2.45) is 5.92 Å². The molecular weight excluding hydrogens is 368 g/mol. The Morgan fingerprint density at radius 2 is 1.97 bits per heavy atom. The molecule has 6 nitrogen and oxygen atoms in total. The van der Waals surface area contributed by atoms with Crippen LogP contribution in [-0.2, 0) is 27.9 Å². The van der Waals surface area contributed by atoms with Crippen LogP contribution in [0.1, 0.15) is 87.6 Å². The summed E-state index contributed by atoms with van der Waals surface area (Å²) in [6.45, 7) is 11.1. The Bertz CT molecular complexity index is 791. The molecule has 0 bridgehead atoms. The van der Waals surface area contributed by atoms with Crippen molar-refractivity contribution in [1.82, 2.24) is 9.88 Å². The van der Waals surface area contributed by atoms with E-state index in [-0.39, 0.29) is 11.5 Å². The van der Waals surface area contributed by atoms with Gasteiger partial charge in [0.1, 0.15) is 11.3 Å². The van der Waals surface area contributed by atoms with Gasteiger partial charge in [-0.05, 0) is 69.6 Å². The first-order valence-electron chi connectivity index (χ1n) is 10.6. The van der Waals surface area contributed by atoms with E-state index >= 15 is 0 Å². The molecule has 1 amide bonds. The topological polar surface area (TPSA) is 68.7 Å². The van der Waals surface area contributed by atoms with E-state index in [9.17, 15) is 9.59 Å². The predicted molar refractivity (Wildman–Crippen MR) is 111 cm³/mol. The Kier molecular flexibility index (Phi) is 5.93. The molecule has 0 radical (unpaired) electrons. The summed E-state index contributed by atoms with van der Waals surface area (Å²) in [7, 11) is 1.37. The Hall–Kier alpha value is -2.11. The SMILES string of the molecule is COC(=O)c1cc(CN(CC2CCC2)C(=O)OC(C)(C)C)c2c(n1)C(C)(C)CC2. The summed E-state index contributed by atoms with van der Waals surface area (Å²) in [4.78, 5) is 31.6. The number of rotatable bonds is 5. The third-order valence-corrected chi connectivity index (χ3v) is 5.97. The van der Waals surface area contributed by atoms with Gasteiger partial charge >= 0.3 is 12.1 Å². The first-order valence-corrected chi connectivity index (χ1v) is 10.6. The molecule has 2 aliphatic carbocycles. The van der Waals surface area contributed by atoms with E-state index in [1.54, 1.807) is 11.0 Å². The fourth-order valence-electron chi connectivity index (χ4n) is 4.09. The van der Waals surface area contributed by atoms with Crippen LogP contribution in [0, 0.1) is 5.92 Å². The second-order valence-electron chi connectivity index (χ2n) is 10.0. The lowest BCUT2D eigenvalue weighted by Gasteiger charge is -2.34. The fourth-order valence-corrected chi connectivity index (χ4v) is 4.09. The lowest BCUT2D eigenvalue weighted by Crippen LogP contribution is -2.40. The second kappa shape index (κ2) is 7.96. The summed E-state index contributed by atoms with van der Waals surface area (Å²) in [5, 5.41) is 0. The standard InChI is InChI=1S/C23H34N2O4/c1-22(2,3)29-21(27)25(13-15-8-7-9-15)14-16-12-18(20(26)28-6)24-19-17(16)10-11-23(19,4)5/h12,15H,7-11,13-14H2,1-6H3. The largest absolute Gasteiger partial charge is 0.464 e. The summed E-state index contributed by atoms with van der Waals surface area (Å²) < 4.78 is 10.6. The van der Waals surface area contributed by atoms with Crippen molar-refractivity contribution in [3.63, 3.8) is 0 Å². The average Bonchev–Trinajstić information content (AvgIpc) is 2.89. The number of amides is 1. The van der Waals surface area contributed by atoms with E-state index in [4.69, 9.17) is 9.47 Å². The van der Waals surface area contributed by atoms with E-state index in [1.807, 2.05) is 20.8 Å². The van der Waals surface area contributed by atoms with E-state index in [0.717, 1.165) is 42.5 Å². The zero-order valence-corrected chi connectivity index (χ0v) is 18.6. The molecule has 0 saturated heterocycles. The van der Waals surface area contributed by atoms with Crippen molar-refractivity contribution in [3.05, 3.63) is 28.6 Å². The third-order valence-electron chi connectivity index (χ3n) is 5.97. The maximum absolute atomic E-state index is 12.9. The number of fused-ring (bicyclic) bond motifs is 1. The van der Waals surface area contributed by atoms with Crippen LogP contribution >= 0.6 is 0 Å². The van der Waals surface area contributed by atoms with Crippen LogP contribution < -0.4 is 0 Å². The first-order chi connectivity index (χ1) is 13.5. The van der Waals surface area contributed by atoms with Gasteiger partial charge in [0.25, 0.3) is 0 Å². The van der Waals surface area contributed by atoms with Crippen molar-refractivity contribution in [2.45, 2.75) is 84.3 Å². The highest BCUT2D eigenvalue weighted by Gasteiger charge is 2.36. The van der Waals surface area contributed by atoms with Gasteiger partial charge < -0.3 is 14.4 Å². The number of esters is 1. The van der Waals surface area contributed by atoms with Gasteiger partial charge in [-0.2, -0.15) is 0 Å². The molecule has 0 atom stereocenters. The molecular formula is C23H34N2O4. The number of ether oxygens (including phenoxy) is 2. The van der Waals surface area contributed by atoms with Crippen molar-refractivity contribution >= 4 is 12.1 Å². The van der Waals surface area contributed by atoms with Gasteiger partial charge in [-0.3, -0.25) is 0 Å². The number of aromatic nitrogens is 1. The summed E-state index contributed by atoms with van der Waals surface area (Å²) >= 11 is 0. The zero-order valence-electron chi connectivity index (χ0n) is 18.6. The number of carbonyl (C=O) groups is 2. The first kappa shape index (κ1) is 21.6. The summed E-state index contributed by atoms with van der Waals surface area (Å²) in [6.07, 6.45) is 5.09. The van der Waals surface area contributed by atoms with Gasteiger partial charge in [0, 0.05) is 18.5 Å². The maximum Gasteiger partial charge on any atom is 0.410 e. The highest BCUT2D eigenvalue weighted by Crippen LogP contribution is 2.39. The Balaban J connectivity index is 1.94. The Morgan fingerprint density at radius 1 is 1.28 bits per heavy atom. The summed E-state index contributed by atoms with van der Waals surface area (Å²) in [5.41, 5.74) is 2.75. The van der Waals surface area contributed by atoms with Gasteiger partial charge in [0.15, 0.2) is 0 Å². The molecule has 1 aromatic heterocycles. The van der Waals surface area contributed by atoms with Crippen molar-refractivity contribution in [1.29, 1.82) is 0 Å². The van der Waals surface area contributed by atoms with Crippen LogP contribution in [0.4, 0.5) is 4.79 Å². The number of carbonyl (C=O) groups excluding carboxylic acids is 2. The molecule has 1 fully saturated rings. The van der Waals surface area contributed by atoms with Crippen LogP contribution in [0.3, 0.4) is 0 Å². The van der Waals surface area contributed by atoms with Crippen LogP contribution in [0.5, 0.6) is 0 Å². The normalized spacial score (nSPS) is 18.0. The molecule has 0 N–H and O–H groups in total. The van der Waals surface area contributed by atoms with Gasteiger partial charge in [-0.1, -0.05) is 20.3 Å².